The zero-order valence-electron chi connectivity index (χ0n) is 13.3. The summed E-state index contributed by atoms with van der Waals surface area (Å²) >= 11 is 0. The third-order valence-corrected chi connectivity index (χ3v) is 5.42. The van der Waals surface area contributed by atoms with Gasteiger partial charge in [0.05, 0.1) is 18.1 Å². The van der Waals surface area contributed by atoms with Gasteiger partial charge in [0.2, 0.25) is 0 Å². The molecule has 1 aromatic heterocycles. The van der Waals surface area contributed by atoms with Crippen molar-refractivity contribution < 1.29 is 14.6 Å². The first-order valence-electron chi connectivity index (χ1n) is 8.40. The number of esters is 1. The number of ether oxygens (including phenoxy) is 1. The normalized spacial score (nSPS) is 22.4. The largest absolute Gasteiger partial charge is 0.508 e. The molecule has 0 bridgehead atoms. The van der Waals surface area contributed by atoms with E-state index in [0.717, 1.165) is 48.8 Å². The van der Waals surface area contributed by atoms with E-state index in [2.05, 4.69) is 10.3 Å². The Labute approximate surface area is 135 Å². The maximum atomic E-state index is 12.6. The number of phenolic OH excluding ortho intramolecular Hbond substituents is 1. The Morgan fingerprint density at radius 3 is 2.96 bits per heavy atom. The summed E-state index contributed by atoms with van der Waals surface area (Å²) in [6.45, 7) is 3.11. The van der Waals surface area contributed by atoms with Crippen LogP contribution in [0.15, 0.2) is 18.2 Å². The van der Waals surface area contributed by atoms with Crippen LogP contribution >= 0.6 is 0 Å². The van der Waals surface area contributed by atoms with Crippen molar-refractivity contribution in [3.05, 3.63) is 29.5 Å². The van der Waals surface area contributed by atoms with Crippen LogP contribution in [-0.2, 0) is 16.0 Å². The van der Waals surface area contributed by atoms with E-state index in [0.29, 0.717) is 6.61 Å². The Morgan fingerprint density at radius 2 is 2.26 bits per heavy atom. The lowest BCUT2D eigenvalue weighted by molar-refractivity contribution is -0.164. The Morgan fingerprint density at radius 1 is 1.43 bits per heavy atom. The zero-order valence-corrected chi connectivity index (χ0v) is 13.3. The van der Waals surface area contributed by atoms with Crippen molar-refractivity contribution in [1.82, 2.24) is 10.3 Å². The number of carbonyl (C=O) groups is 1. The van der Waals surface area contributed by atoms with Crippen molar-refractivity contribution in [2.24, 2.45) is 5.41 Å². The average molecular weight is 314 g/mol. The standard InChI is InChI=1S/C18H22N2O3/c1-2-23-17(22)18(7-3-8-18)16-15-12(6-9-19-16)13-10-11(21)4-5-14(13)20-15/h4-5,10,16,19-21H,2-3,6-9H2,1H3. The van der Waals surface area contributed by atoms with Gasteiger partial charge in [-0.25, -0.2) is 0 Å². The SMILES string of the molecule is CCOC(=O)C1(C2NCCc3c2[nH]c2ccc(O)cc32)CCC1. The molecule has 1 aliphatic carbocycles. The summed E-state index contributed by atoms with van der Waals surface area (Å²) in [6, 6.07) is 5.37. The summed E-state index contributed by atoms with van der Waals surface area (Å²) in [5, 5.41) is 14.4. The molecule has 0 radical (unpaired) electrons. The molecular weight excluding hydrogens is 292 g/mol. The molecule has 23 heavy (non-hydrogen) atoms. The molecule has 1 aromatic carbocycles. The van der Waals surface area contributed by atoms with Crippen molar-refractivity contribution in [2.45, 2.75) is 38.6 Å². The van der Waals surface area contributed by atoms with Crippen molar-refractivity contribution in [3.63, 3.8) is 0 Å². The second-order valence-corrected chi connectivity index (χ2v) is 6.61. The molecule has 1 unspecified atom stereocenters. The highest BCUT2D eigenvalue weighted by Gasteiger charge is 2.53. The summed E-state index contributed by atoms with van der Waals surface area (Å²) in [6.07, 6.45) is 3.69. The highest BCUT2D eigenvalue weighted by molar-refractivity contribution is 5.87. The van der Waals surface area contributed by atoms with Crippen LogP contribution in [0.25, 0.3) is 10.9 Å². The van der Waals surface area contributed by atoms with Gasteiger partial charge in [-0.1, -0.05) is 6.42 Å². The molecule has 1 atom stereocenters. The number of H-pyrrole nitrogens is 1. The van der Waals surface area contributed by atoms with Gasteiger partial charge in [-0.05, 0) is 56.5 Å². The third-order valence-electron chi connectivity index (χ3n) is 5.42. The van der Waals surface area contributed by atoms with Crippen molar-refractivity contribution >= 4 is 16.9 Å². The molecule has 3 N–H and O–H groups in total. The van der Waals surface area contributed by atoms with E-state index in [4.69, 9.17) is 4.74 Å². The van der Waals surface area contributed by atoms with Crippen LogP contribution in [0.2, 0.25) is 0 Å². The van der Waals surface area contributed by atoms with Crippen LogP contribution in [0.4, 0.5) is 0 Å². The highest BCUT2D eigenvalue weighted by Crippen LogP contribution is 2.53. The minimum absolute atomic E-state index is 0.0337. The number of carbonyl (C=O) groups excluding carboxylic acids is 1. The fourth-order valence-electron chi connectivity index (χ4n) is 4.13. The number of aromatic nitrogens is 1. The predicted molar refractivity (Wildman–Crippen MR) is 87.3 cm³/mol. The Hall–Kier alpha value is -2.01. The lowest BCUT2D eigenvalue weighted by Gasteiger charge is -2.46. The second kappa shape index (κ2) is 5.27. The average Bonchev–Trinajstić information content (AvgIpc) is 2.85. The van der Waals surface area contributed by atoms with Crippen LogP contribution in [0.1, 0.15) is 43.5 Å². The number of fused-ring (bicyclic) bond motifs is 3. The predicted octanol–water partition coefficient (Wildman–Crippen LogP) is 2.79. The topological polar surface area (TPSA) is 74.3 Å². The number of phenols is 1. The molecule has 5 nitrogen and oxygen atoms in total. The first-order chi connectivity index (χ1) is 11.2. The summed E-state index contributed by atoms with van der Waals surface area (Å²) in [5.74, 6) is 0.191. The lowest BCUT2D eigenvalue weighted by atomic mass is 9.62. The monoisotopic (exact) mass is 314 g/mol. The molecule has 2 heterocycles. The summed E-state index contributed by atoms with van der Waals surface area (Å²) < 4.78 is 5.38. The summed E-state index contributed by atoms with van der Waals surface area (Å²) in [5.41, 5.74) is 2.87. The molecule has 0 amide bonds. The molecule has 1 fully saturated rings. The summed E-state index contributed by atoms with van der Waals surface area (Å²) in [7, 11) is 0. The van der Waals surface area contributed by atoms with E-state index in [1.807, 2.05) is 19.1 Å². The van der Waals surface area contributed by atoms with Gasteiger partial charge in [0.25, 0.3) is 0 Å². The van der Waals surface area contributed by atoms with Crippen LogP contribution < -0.4 is 5.32 Å². The highest BCUT2D eigenvalue weighted by atomic mass is 16.5. The van der Waals surface area contributed by atoms with Gasteiger partial charge in [0.1, 0.15) is 5.75 Å². The third kappa shape index (κ3) is 2.06. The molecule has 0 saturated heterocycles. The van der Waals surface area contributed by atoms with Crippen molar-refractivity contribution in [2.75, 3.05) is 13.2 Å². The van der Waals surface area contributed by atoms with Crippen LogP contribution in [0.5, 0.6) is 5.75 Å². The fraction of sp³-hybridized carbons (Fsp3) is 0.500. The van der Waals surface area contributed by atoms with Crippen molar-refractivity contribution in [1.29, 1.82) is 0 Å². The number of aromatic amines is 1. The molecule has 4 rings (SSSR count). The van der Waals surface area contributed by atoms with E-state index in [-0.39, 0.29) is 17.8 Å². The summed E-state index contributed by atoms with van der Waals surface area (Å²) in [4.78, 5) is 16.1. The zero-order chi connectivity index (χ0) is 16.0. The number of benzene rings is 1. The molecule has 2 aromatic rings. The van der Waals surface area contributed by atoms with Gasteiger partial charge in [0, 0.05) is 16.6 Å². The van der Waals surface area contributed by atoms with Crippen LogP contribution in [0.3, 0.4) is 0 Å². The van der Waals surface area contributed by atoms with Gasteiger partial charge < -0.3 is 20.1 Å². The molecule has 0 spiro atoms. The first-order valence-corrected chi connectivity index (χ1v) is 8.40. The van der Waals surface area contributed by atoms with Gasteiger partial charge >= 0.3 is 5.97 Å². The van der Waals surface area contributed by atoms with E-state index < -0.39 is 5.41 Å². The van der Waals surface area contributed by atoms with E-state index in [1.165, 1.54) is 5.56 Å². The Kier molecular flexibility index (Phi) is 3.34. The fourth-order valence-corrected chi connectivity index (χ4v) is 4.13. The number of aromatic hydroxyl groups is 1. The van der Waals surface area contributed by atoms with E-state index in [9.17, 15) is 9.90 Å². The first kappa shape index (κ1) is 14.6. The second-order valence-electron chi connectivity index (χ2n) is 6.61. The van der Waals surface area contributed by atoms with Crippen molar-refractivity contribution in [3.8, 4) is 5.75 Å². The molecule has 2 aliphatic rings. The number of hydrogen-bond donors (Lipinski definition) is 3. The Balaban J connectivity index is 1.81. The molecular formula is C18H22N2O3. The van der Waals surface area contributed by atoms with Gasteiger partial charge in [0.15, 0.2) is 0 Å². The molecule has 122 valence electrons. The number of rotatable bonds is 3. The molecule has 1 aliphatic heterocycles. The van der Waals surface area contributed by atoms with Gasteiger partial charge in [-0.15, -0.1) is 0 Å². The van der Waals surface area contributed by atoms with Gasteiger partial charge in [-0.3, -0.25) is 4.79 Å². The molecule has 5 heteroatoms. The number of hydrogen-bond acceptors (Lipinski definition) is 4. The lowest BCUT2D eigenvalue weighted by Crippen LogP contribution is -2.51. The maximum Gasteiger partial charge on any atom is 0.314 e. The minimum Gasteiger partial charge on any atom is -0.508 e. The van der Waals surface area contributed by atoms with E-state index >= 15 is 0 Å². The quantitative estimate of drug-likeness (QED) is 0.762. The van der Waals surface area contributed by atoms with Crippen LogP contribution in [0, 0.1) is 5.41 Å². The maximum absolute atomic E-state index is 12.6. The number of nitrogens with one attached hydrogen (secondary N) is 2. The smallest absolute Gasteiger partial charge is 0.314 e. The van der Waals surface area contributed by atoms with Crippen LogP contribution in [-0.4, -0.2) is 29.2 Å². The van der Waals surface area contributed by atoms with Gasteiger partial charge in [-0.2, -0.15) is 0 Å². The minimum atomic E-state index is -0.450. The molecule has 1 saturated carbocycles. The Bertz CT molecular complexity index is 761. The van der Waals surface area contributed by atoms with E-state index in [1.54, 1.807) is 6.07 Å².